The largest absolute Gasteiger partial charge is 0.488 e. The molecule has 0 saturated heterocycles. The molecule has 0 radical (unpaired) electrons. The van der Waals surface area contributed by atoms with E-state index >= 15 is 0 Å². The zero-order valence-corrected chi connectivity index (χ0v) is 7.17. The van der Waals surface area contributed by atoms with Gasteiger partial charge in [0, 0.05) is 14.2 Å². The van der Waals surface area contributed by atoms with Crippen LogP contribution >= 0.6 is 7.75 Å². The van der Waals surface area contributed by atoms with Crippen LogP contribution in [-0.2, 0) is 13.6 Å². The Morgan fingerprint density at radius 2 is 2.55 bits per heavy atom. The van der Waals surface area contributed by atoms with E-state index in [1.165, 1.54) is 18.0 Å². The van der Waals surface area contributed by atoms with Crippen molar-refractivity contribution in [1.82, 2.24) is 4.67 Å². The fourth-order valence-electron chi connectivity index (χ4n) is 0.682. The van der Waals surface area contributed by atoms with Gasteiger partial charge in [0.2, 0.25) is 0 Å². The van der Waals surface area contributed by atoms with Crippen molar-refractivity contribution in [2.45, 2.75) is 0 Å². The highest BCUT2D eigenvalue weighted by atomic mass is 31.2. The summed E-state index contributed by atoms with van der Waals surface area (Å²) in [6.07, 6.45) is 6.49. The van der Waals surface area contributed by atoms with Crippen molar-refractivity contribution in [2.24, 2.45) is 0 Å². The summed E-state index contributed by atoms with van der Waals surface area (Å²) in [7, 11) is -0.228. The predicted molar refractivity (Wildman–Crippen MR) is 40.4 cm³/mol. The van der Waals surface area contributed by atoms with Crippen LogP contribution in [-0.4, -0.2) is 18.8 Å². The number of hydrogen-bond acceptors (Lipinski definition) is 3. The van der Waals surface area contributed by atoms with Crippen molar-refractivity contribution < 1.29 is 13.6 Å². The summed E-state index contributed by atoms with van der Waals surface area (Å²) in [5.74, 6) is 2.46. The lowest BCUT2D eigenvalue weighted by Gasteiger charge is -2.15. The van der Waals surface area contributed by atoms with Gasteiger partial charge in [0.1, 0.15) is 0 Å². The monoisotopic (exact) mass is 173 g/mol. The van der Waals surface area contributed by atoms with Gasteiger partial charge >= 0.3 is 7.75 Å². The molecule has 0 N–H and O–H groups in total. The Balaban J connectivity index is 2.87. The van der Waals surface area contributed by atoms with Crippen LogP contribution in [0, 0.1) is 12.3 Å². The lowest BCUT2D eigenvalue weighted by atomic mass is 10.6. The summed E-state index contributed by atoms with van der Waals surface area (Å²) in [5, 5.41) is 0. The van der Waals surface area contributed by atoms with Crippen LogP contribution in [0.3, 0.4) is 0 Å². The lowest BCUT2D eigenvalue weighted by Crippen LogP contribution is -2.03. The van der Waals surface area contributed by atoms with Crippen LogP contribution in [0.2, 0.25) is 0 Å². The molecule has 1 aliphatic rings. The minimum Gasteiger partial charge on any atom is -0.398 e. The van der Waals surface area contributed by atoms with Gasteiger partial charge in [0.05, 0.1) is 6.20 Å². The van der Waals surface area contributed by atoms with E-state index in [-0.39, 0.29) is 5.76 Å². The highest BCUT2D eigenvalue weighted by Gasteiger charge is 2.35. The predicted octanol–water partition coefficient (Wildman–Crippen LogP) is 1.18. The highest BCUT2D eigenvalue weighted by Crippen LogP contribution is 2.56. The highest BCUT2D eigenvalue weighted by molar-refractivity contribution is 7.51. The quantitative estimate of drug-likeness (QED) is 0.440. The second-order valence-electron chi connectivity index (χ2n) is 1.95. The molecular weight excluding hydrogens is 165 g/mol. The molecule has 4 nitrogen and oxygen atoms in total. The van der Waals surface area contributed by atoms with Crippen LogP contribution < -0.4 is 0 Å². The first-order valence-electron chi connectivity index (χ1n) is 2.89. The average Bonchev–Trinajstić information content (AvgIpc) is 2.29. The third-order valence-corrected chi connectivity index (χ3v) is 3.05. The average molecular weight is 173 g/mol. The van der Waals surface area contributed by atoms with Gasteiger partial charge in [-0.15, -0.1) is 6.42 Å². The molecule has 11 heavy (non-hydrogen) atoms. The van der Waals surface area contributed by atoms with E-state index in [1.54, 1.807) is 7.05 Å². The summed E-state index contributed by atoms with van der Waals surface area (Å²) in [6, 6.07) is 0. The van der Waals surface area contributed by atoms with E-state index < -0.39 is 7.75 Å². The smallest absolute Gasteiger partial charge is 0.398 e. The molecular formula is C6H8NO3P. The third kappa shape index (κ3) is 1.25. The molecule has 1 heterocycles. The van der Waals surface area contributed by atoms with E-state index in [0.29, 0.717) is 0 Å². The zero-order chi connectivity index (χ0) is 8.48. The minimum atomic E-state index is -3.12. The molecule has 0 aromatic heterocycles. The van der Waals surface area contributed by atoms with Crippen LogP contribution in [0.15, 0.2) is 12.0 Å². The van der Waals surface area contributed by atoms with E-state index in [9.17, 15) is 4.57 Å². The van der Waals surface area contributed by atoms with E-state index in [0.717, 1.165) is 0 Å². The first-order valence-corrected chi connectivity index (χ1v) is 4.39. The van der Waals surface area contributed by atoms with Crippen LogP contribution in [0.25, 0.3) is 0 Å². The Labute approximate surface area is 65.4 Å². The van der Waals surface area contributed by atoms with Crippen molar-refractivity contribution in [3.8, 4) is 12.3 Å². The van der Waals surface area contributed by atoms with Gasteiger partial charge in [-0.1, -0.05) is 0 Å². The van der Waals surface area contributed by atoms with Gasteiger partial charge < -0.3 is 4.52 Å². The van der Waals surface area contributed by atoms with Crippen molar-refractivity contribution in [3.63, 3.8) is 0 Å². The zero-order valence-electron chi connectivity index (χ0n) is 6.27. The van der Waals surface area contributed by atoms with Crippen molar-refractivity contribution in [1.29, 1.82) is 0 Å². The van der Waals surface area contributed by atoms with Crippen LogP contribution in [0.5, 0.6) is 0 Å². The lowest BCUT2D eigenvalue weighted by molar-refractivity contribution is 0.272. The van der Waals surface area contributed by atoms with Crippen LogP contribution in [0.1, 0.15) is 0 Å². The molecule has 0 amide bonds. The second-order valence-corrected chi connectivity index (χ2v) is 4.07. The summed E-state index contributed by atoms with van der Waals surface area (Å²) in [4.78, 5) is 0. The summed E-state index contributed by atoms with van der Waals surface area (Å²) in [6.45, 7) is 0. The molecule has 1 rings (SSSR count). The first-order chi connectivity index (χ1) is 5.12. The Hall–Kier alpha value is -0.910. The molecule has 60 valence electrons. The Morgan fingerprint density at radius 1 is 1.91 bits per heavy atom. The van der Waals surface area contributed by atoms with E-state index in [4.69, 9.17) is 10.9 Å². The molecule has 0 bridgehead atoms. The van der Waals surface area contributed by atoms with E-state index in [1.807, 2.05) is 0 Å². The van der Waals surface area contributed by atoms with Gasteiger partial charge in [-0.2, -0.15) is 0 Å². The molecule has 0 fully saturated rings. The fourth-order valence-corrected chi connectivity index (χ4v) is 1.74. The summed E-state index contributed by atoms with van der Waals surface area (Å²) in [5.41, 5.74) is 0. The number of terminal acetylenes is 1. The SMILES string of the molecule is C#CC1=CN(C)P(=O)(OC)O1. The fraction of sp³-hybridized carbons (Fsp3) is 0.333. The standard InChI is InChI=1S/C6H8NO3P/c1-4-6-5-7(2)11(8,9-3)10-6/h1,5H,2-3H3. The first kappa shape index (κ1) is 8.19. The van der Waals surface area contributed by atoms with Crippen molar-refractivity contribution >= 4 is 7.75 Å². The van der Waals surface area contributed by atoms with Gasteiger partial charge in [-0.3, -0.25) is 9.19 Å². The molecule has 1 aliphatic heterocycles. The Kier molecular flexibility index (Phi) is 1.95. The molecule has 0 spiro atoms. The minimum absolute atomic E-state index is 0.234. The van der Waals surface area contributed by atoms with Gasteiger partial charge in [0.15, 0.2) is 5.76 Å². The number of hydrogen-bond donors (Lipinski definition) is 0. The molecule has 0 aromatic rings. The molecule has 1 atom stereocenters. The maximum atomic E-state index is 11.4. The topological polar surface area (TPSA) is 38.8 Å². The second kappa shape index (κ2) is 2.61. The number of nitrogens with zero attached hydrogens (tertiary/aromatic N) is 1. The summed E-state index contributed by atoms with van der Waals surface area (Å²) < 4.78 is 22.2. The van der Waals surface area contributed by atoms with Gasteiger partial charge in [-0.25, -0.2) is 4.57 Å². The molecule has 0 saturated carbocycles. The van der Waals surface area contributed by atoms with Gasteiger partial charge in [0.25, 0.3) is 0 Å². The number of rotatable bonds is 1. The van der Waals surface area contributed by atoms with E-state index in [2.05, 4.69) is 10.4 Å². The Bertz CT molecular complexity index is 278. The van der Waals surface area contributed by atoms with Crippen molar-refractivity contribution in [2.75, 3.05) is 14.2 Å². The normalized spacial score (nSPS) is 29.2. The molecule has 0 aromatic carbocycles. The third-order valence-electron chi connectivity index (χ3n) is 1.28. The maximum Gasteiger partial charge on any atom is 0.488 e. The van der Waals surface area contributed by atoms with Gasteiger partial charge in [-0.05, 0) is 5.92 Å². The van der Waals surface area contributed by atoms with Crippen molar-refractivity contribution in [3.05, 3.63) is 12.0 Å². The maximum absolute atomic E-state index is 11.4. The Morgan fingerprint density at radius 3 is 2.82 bits per heavy atom. The van der Waals surface area contributed by atoms with Crippen LogP contribution in [0.4, 0.5) is 0 Å². The molecule has 0 aliphatic carbocycles. The number of allylic oxidation sites excluding steroid dienone is 1. The molecule has 5 heteroatoms. The molecule has 1 unspecified atom stereocenters. The summed E-state index contributed by atoms with van der Waals surface area (Å²) >= 11 is 0.